The van der Waals surface area contributed by atoms with Crippen molar-refractivity contribution >= 4 is 17.8 Å². The summed E-state index contributed by atoms with van der Waals surface area (Å²) in [7, 11) is 0. The topological polar surface area (TPSA) is 113 Å². The van der Waals surface area contributed by atoms with Gasteiger partial charge >= 0.3 is 11.9 Å². The standard InChI is InChI=1S/C34H53NO6/c1-20(2)21-10-15-34(29(39)40)17-16-32(6)22(28(21)34)8-9-24-31(5)13-12-25(35-26(36)18-41-19-27(37)38)30(3,4)23(31)11-14-33(24,32)7/h21-25,28H,1,8-19H2,2-7H3,(H,35,36)(H,37,38)(H,39,40)/t21-,22+,23-,24+,25-,28+,31-,32+,33+,34-/m0/s1. The Kier molecular flexibility index (Phi) is 7.52. The first kappa shape index (κ1) is 30.6. The van der Waals surface area contributed by atoms with Crippen LogP contribution in [0, 0.1) is 56.7 Å². The molecule has 0 aliphatic heterocycles. The second kappa shape index (κ2) is 10.1. The summed E-state index contributed by atoms with van der Waals surface area (Å²) < 4.78 is 5.06. The van der Waals surface area contributed by atoms with Gasteiger partial charge in [0.25, 0.3) is 0 Å². The van der Waals surface area contributed by atoms with E-state index in [-0.39, 0.29) is 46.1 Å². The number of allylic oxidation sites excluding steroid dienone is 1. The molecule has 5 saturated carbocycles. The number of carbonyl (C=O) groups is 3. The Morgan fingerprint density at radius 1 is 0.829 bits per heavy atom. The number of aliphatic carboxylic acids is 2. The van der Waals surface area contributed by atoms with Crippen molar-refractivity contribution in [1.29, 1.82) is 0 Å². The predicted molar refractivity (Wildman–Crippen MR) is 157 cm³/mol. The molecule has 5 fully saturated rings. The number of nitrogens with one attached hydrogen (secondary N) is 1. The van der Waals surface area contributed by atoms with Gasteiger partial charge in [-0.15, -0.1) is 0 Å². The molecule has 230 valence electrons. The van der Waals surface area contributed by atoms with Crippen LogP contribution in [0.5, 0.6) is 0 Å². The summed E-state index contributed by atoms with van der Waals surface area (Å²) in [5.41, 5.74) is 0.866. The van der Waals surface area contributed by atoms with Crippen molar-refractivity contribution in [1.82, 2.24) is 5.32 Å². The molecule has 0 bridgehead atoms. The number of carbonyl (C=O) groups excluding carboxylic acids is 1. The molecule has 10 atom stereocenters. The number of rotatable bonds is 7. The number of hydrogen-bond acceptors (Lipinski definition) is 4. The summed E-state index contributed by atoms with van der Waals surface area (Å²) in [5.74, 6) is 0.0318. The summed E-state index contributed by atoms with van der Waals surface area (Å²) in [6, 6.07) is 0.0264. The fraction of sp³-hybridized carbons (Fsp3) is 0.853. The van der Waals surface area contributed by atoms with E-state index in [2.05, 4.69) is 53.4 Å². The zero-order valence-electron chi connectivity index (χ0n) is 26.2. The van der Waals surface area contributed by atoms with E-state index < -0.39 is 24.0 Å². The third-order valence-electron chi connectivity index (χ3n) is 14.3. The van der Waals surface area contributed by atoms with E-state index >= 15 is 0 Å². The van der Waals surface area contributed by atoms with Crippen LogP contribution in [0.1, 0.15) is 106 Å². The van der Waals surface area contributed by atoms with Crippen LogP contribution in [0.2, 0.25) is 0 Å². The maximum atomic E-state index is 12.9. The number of carboxylic acids is 2. The molecule has 0 unspecified atom stereocenters. The van der Waals surface area contributed by atoms with Gasteiger partial charge in [-0.3, -0.25) is 9.59 Å². The minimum Gasteiger partial charge on any atom is -0.481 e. The molecule has 0 aromatic rings. The maximum absolute atomic E-state index is 12.9. The van der Waals surface area contributed by atoms with Gasteiger partial charge in [-0.05, 0) is 122 Å². The van der Waals surface area contributed by atoms with Gasteiger partial charge in [-0.25, -0.2) is 4.79 Å². The second-order valence-electron chi connectivity index (χ2n) is 16.0. The number of ether oxygens (including phenoxy) is 1. The summed E-state index contributed by atoms with van der Waals surface area (Å²) in [5, 5.41) is 22.6. The number of amides is 1. The van der Waals surface area contributed by atoms with E-state index in [1.54, 1.807) is 0 Å². The first-order valence-electron chi connectivity index (χ1n) is 16.0. The van der Waals surface area contributed by atoms with Crippen molar-refractivity contribution in [3.05, 3.63) is 12.2 Å². The molecule has 41 heavy (non-hydrogen) atoms. The normalized spacial score (nSPS) is 46.3. The molecular formula is C34H53NO6. The summed E-state index contributed by atoms with van der Waals surface area (Å²) in [6.45, 7) is 18.0. The van der Waals surface area contributed by atoms with Crippen LogP contribution in [0.15, 0.2) is 12.2 Å². The highest BCUT2D eigenvalue weighted by atomic mass is 16.5. The van der Waals surface area contributed by atoms with E-state index in [0.29, 0.717) is 23.7 Å². The molecule has 0 radical (unpaired) electrons. The molecule has 1 amide bonds. The lowest BCUT2D eigenvalue weighted by molar-refractivity contribution is -0.240. The van der Waals surface area contributed by atoms with Crippen LogP contribution >= 0.6 is 0 Å². The van der Waals surface area contributed by atoms with Gasteiger partial charge in [0, 0.05) is 6.04 Å². The van der Waals surface area contributed by atoms with E-state index in [4.69, 9.17) is 9.84 Å². The molecule has 5 aliphatic carbocycles. The third kappa shape index (κ3) is 4.33. The molecule has 0 spiro atoms. The Balaban J connectivity index is 1.40. The smallest absolute Gasteiger partial charge is 0.329 e. The highest BCUT2D eigenvalue weighted by Crippen LogP contribution is 2.77. The van der Waals surface area contributed by atoms with Gasteiger partial charge in [0.05, 0.1) is 5.41 Å². The summed E-state index contributed by atoms with van der Waals surface area (Å²) in [6.07, 6.45) is 9.99. The van der Waals surface area contributed by atoms with Gasteiger partial charge in [0.15, 0.2) is 0 Å². The largest absolute Gasteiger partial charge is 0.481 e. The Morgan fingerprint density at radius 3 is 2.17 bits per heavy atom. The van der Waals surface area contributed by atoms with Gasteiger partial charge < -0.3 is 20.3 Å². The lowest BCUT2D eigenvalue weighted by Crippen LogP contribution is -2.68. The van der Waals surface area contributed by atoms with Crippen molar-refractivity contribution < 1.29 is 29.3 Å². The minimum absolute atomic E-state index is 0.0264. The molecule has 5 rings (SSSR count). The van der Waals surface area contributed by atoms with Crippen molar-refractivity contribution in [3.8, 4) is 0 Å². The minimum atomic E-state index is -1.07. The Morgan fingerprint density at radius 2 is 1.54 bits per heavy atom. The van der Waals surface area contributed by atoms with Crippen molar-refractivity contribution in [2.45, 2.75) is 112 Å². The van der Waals surface area contributed by atoms with Gasteiger partial charge in [0.2, 0.25) is 5.91 Å². The molecule has 7 nitrogen and oxygen atoms in total. The van der Waals surface area contributed by atoms with Crippen molar-refractivity contribution in [2.75, 3.05) is 13.2 Å². The monoisotopic (exact) mass is 571 g/mol. The fourth-order valence-electron chi connectivity index (χ4n) is 12.2. The molecule has 0 aromatic heterocycles. The van der Waals surface area contributed by atoms with Crippen molar-refractivity contribution in [2.24, 2.45) is 56.7 Å². The lowest BCUT2D eigenvalue weighted by Gasteiger charge is -2.73. The highest BCUT2D eigenvalue weighted by Gasteiger charge is 2.72. The molecule has 7 heteroatoms. The summed E-state index contributed by atoms with van der Waals surface area (Å²) in [4.78, 5) is 36.3. The van der Waals surface area contributed by atoms with E-state index in [1.807, 2.05) is 0 Å². The molecule has 0 heterocycles. The highest BCUT2D eigenvalue weighted by molar-refractivity contribution is 5.78. The van der Waals surface area contributed by atoms with Gasteiger partial charge in [-0.2, -0.15) is 0 Å². The average molecular weight is 572 g/mol. The van der Waals surface area contributed by atoms with E-state index in [9.17, 15) is 19.5 Å². The second-order valence-corrected chi connectivity index (χ2v) is 16.0. The first-order chi connectivity index (χ1) is 19.0. The first-order valence-corrected chi connectivity index (χ1v) is 16.0. The van der Waals surface area contributed by atoms with Crippen LogP contribution < -0.4 is 5.32 Å². The summed E-state index contributed by atoms with van der Waals surface area (Å²) >= 11 is 0. The molecule has 0 aromatic carbocycles. The van der Waals surface area contributed by atoms with Crippen LogP contribution in [0.3, 0.4) is 0 Å². The Bertz CT molecular complexity index is 1120. The van der Waals surface area contributed by atoms with Crippen LogP contribution in [-0.4, -0.2) is 47.3 Å². The van der Waals surface area contributed by atoms with Crippen molar-refractivity contribution in [3.63, 3.8) is 0 Å². The van der Waals surface area contributed by atoms with Crippen LogP contribution in [0.4, 0.5) is 0 Å². The average Bonchev–Trinajstić information content (AvgIpc) is 3.27. The Hall–Kier alpha value is -1.89. The van der Waals surface area contributed by atoms with E-state index in [1.165, 1.54) is 5.57 Å². The lowest BCUT2D eigenvalue weighted by atomic mass is 9.32. The van der Waals surface area contributed by atoms with Gasteiger partial charge in [0.1, 0.15) is 13.2 Å². The number of fused-ring (bicyclic) bond motifs is 7. The molecule has 3 N–H and O–H groups in total. The van der Waals surface area contributed by atoms with E-state index in [0.717, 1.165) is 64.2 Å². The fourth-order valence-corrected chi connectivity index (χ4v) is 12.2. The quantitative estimate of drug-likeness (QED) is 0.309. The number of carboxylic acid groups (broad SMARTS) is 2. The number of hydrogen-bond donors (Lipinski definition) is 3. The molecule has 0 saturated heterocycles. The SMILES string of the molecule is C=C(C)[C@@H]1CC[C@]2(C(=O)O)CC[C@]3(C)[C@H](CC[C@@H]4[C@@]5(C)CC[C@H](NC(=O)COCC(=O)O)C(C)(C)[C@@H]5CC[C@]43C)[C@@H]12. The zero-order chi connectivity index (χ0) is 30.2. The molecule has 5 aliphatic rings. The van der Waals surface area contributed by atoms with Crippen LogP contribution in [-0.2, 0) is 19.1 Å². The Labute approximate surface area is 246 Å². The molecular weight excluding hydrogens is 518 g/mol. The van der Waals surface area contributed by atoms with Crippen LogP contribution in [0.25, 0.3) is 0 Å². The third-order valence-corrected chi connectivity index (χ3v) is 14.3. The maximum Gasteiger partial charge on any atom is 0.329 e. The van der Waals surface area contributed by atoms with Gasteiger partial charge in [-0.1, -0.05) is 46.8 Å². The zero-order valence-corrected chi connectivity index (χ0v) is 26.2. The predicted octanol–water partition coefficient (Wildman–Crippen LogP) is 6.31.